The first-order valence-electron chi connectivity index (χ1n) is 8.85. The van der Waals surface area contributed by atoms with E-state index in [1.54, 1.807) is 7.11 Å². The maximum atomic E-state index is 12.4. The monoisotopic (exact) mass is 417 g/mol. The van der Waals surface area contributed by atoms with Crippen molar-refractivity contribution in [1.29, 1.82) is 0 Å². The summed E-state index contributed by atoms with van der Waals surface area (Å²) in [5, 5.41) is 5.91. The molecule has 1 saturated heterocycles. The first-order chi connectivity index (χ1) is 12.7. The number of nitrogens with zero attached hydrogens (tertiary/aromatic N) is 1. The summed E-state index contributed by atoms with van der Waals surface area (Å²) in [6.45, 7) is 2.65. The van der Waals surface area contributed by atoms with Gasteiger partial charge >= 0.3 is 6.03 Å². The first-order valence-corrected chi connectivity index (χ1v) is 9.64. The molecule has 2 aromatic rings. The maximum Gasteiger partial charge on any atom is 0.319 e. The normalized spacial score (nSPS) is 15.5. The van der Waals surface area contributed by atoms with E-state index in [9.17, 15) is 4.79 Å². The van der Waals surface area contributed by atoms with Gasteiger partial charge in [0.1, 0.15) is 5.75 Å². The molecule has 1 aliphatic rings. The zero-order chi connectivity index (χ0) is 18.4. The molecule has 3 rings (SSSR count). The molecular formula is C20H24BrN3O2. The van der Waals surface area contributed by atoms with E-state index < -0.39 is 0 Å². The highest BCUT2D eigenvalue weighted by Crippen LogP contribution is 2.27. The summed E-state index contributed by atoms with van der Waals surface area (Å²) in [5.41, 5.74) is 1.91. The Balaban J connectivity index is 1.67. The number of methoxy groups -OCH3 is 1. The van der Waals surface area contributed by atoms with Crippen LogP contribution in [-0.4, -0.2) is 37.7 Å². The van der Waals surface area contributed by atoms with E-state index in [-0.39, 0.29) is 12.1 Å². The number of carbonyl (C=O) groups is 1. The average Bonchev–Trinajstić information content (AvgIpc) is 3.18. The Kier molecular flexibility index (Phi) is 6.52. The third-order valence-electron chi connectivity index (χ3n) is 4.64. The number of carbonyl (C=O) groups excluding carboxylic acids is 1. The number of hydrogen-bond donors (Lipinski definition) is 2. The van der Waals surface area contributed by atoms with Crippen molar-refractivity contribution in [1.82, 2.24) is 10.2 Å². The van der Waals surface area contributed by atoms with Gasteiger partial charge in [0, 0.05) is 11.0 Å². The number of hydrogen-bond acceptors (Lipinski definition) is 3. The molecule has 0 spiro atoms. The molecule has 0 bridgehead atoms. The molecule has 1 heterocycles. The van der Waals surface area contributed by atoms with Gasteiger partial charge in [-0.3, -0.25) is 4.90 Å². The van der Waals surface area contributed by atoms with E-state index >= 15 is 0 Å². The molecule has 0 aromatic heterocycles. The summed E-state index contributed by atoms with van der Waals surface area (Å²) < 4.78 is 6.22. The van der Waals surface area contributed by atoms with E-state index in [0.29, 0.717) is 6.54 Å². The van der Waals surface area contributed by atoms with Crippen molar-refractivity contribution < 1.29 is 9.53 Å². The van der Waals surface area contributed by atoms with Crippen LogP contribution in [0.1, 0.15) is 24.4 Å². The summed E-state index contributed by atoms with van der Waals surface area (Å²) in [7, 11) is 1.67. The van der Waals surface area contributed by atoms with Gasteiger partial charge in [0.2, 0.25) is 0 Å². The Morgan fingerprint density at radius 1 is 1.19 bits per heavy atom. The van der Waals surface area contributed by atoms with E-state index in [2.05, 4.69) is 43.6 Å². The standard InChI is InChI=1S/C20H24BrN3O2/c1-26-16-8-6-7-15(13-16)19(24-11-4-5-12-24)14-22-20(25)23-18-10-3-2-9-17(18)21/h2-3,6-10,13,19H,4-5,11-12,14H2,1H3,(H2,22,23,25)/t19-/m1/s1. The van der Waals surface area contributed by atoms with Crippen LogP contribution < -0.4 is 15.4 Å². The lowest BCUT2D eigenvalue weighted by Gasteiger charge is -2.28. The Bertz CT molecular complexity index is 747. The lowest BCUT2D eigenvalue weighted by Crippen LogP contribution is -2.38. The van der Waals surface area contributed by atoms with Crippen LogP contribution in [0, 0.1) is 0 Å². The van der Waals surface area contributed by atoms with Crippen molar-refractivity contribution >= 4 is 27.6 Å². The van der Waals surface area contributed by atoms with E-state index in [1.807, 2.05) is 36.4 Å². The summed E-state index contributed by atoms with van der Waals surface area (Å²) in [5.74, 6) is 0.837. The third-order valence-corrected chi connectivity index (χ3v) is 5.33. The molecule has 26 heavy (non-hydrogen) atoms. The quantitative estimate of drug-likeness (QED) is 0.731. The van der Waals surface area contributed by atoms with Crippen molar-refractivity contribution in [2.75, 3.05) is 32.1 Å². The highest BCUT2D eigenvalue weighted by Gasteiger charge is 2.24. The number of likely N-dealkylation sites (tertiary alicyclic amines) is 1. The lowest BCUT2D eigenvalue weighted by molar-refractivity contribution is 0.227. The fraction of sp³-hybridized carbons (Fsp3) is 0.350. The van der Waals surface area contributed by atoms with Gasteiger partial charge in [0.15, 0.2) is 0 Å². The largest absolute Gasteiger partial charge is 0.497 e. The van der Waals surface area contributed by atoms with Crippen LogP contribution in [0.15, 0.2) is 53.0 Å². The minimum absolute atomic E-state index is 0.137. The van der Waals surface area contributed by atoms with Gasteiger partial charge in [0.25, 0.3) is 0 Å². The van der Waals surface area contributed by atoms with Gasteiger partial charge in [-0.25, -0.2) is 4.79 Å². The molecule has 138 valence electrons. The molecular weight excluding hydrogens is 394 g/mol. The summed E-state index contributed by atoms with van der Waals surface area (Å²) in [4.78, 5) is 14.8. The molecule has 2 amide bonds. The molecule has 0 aliphatic carbocycles. The Labute approximate surface area is 162 Å². The molecule has 2 aromatic carbocycles. The average molecular weight is 418 g/mol. The van der Waals surface area contributed by atoms with Crippen molar-refractivity contribution in [2.45, 2.75) is 18.9 Å². The van der Waals surface area contributed by atoms with E-state index in [4.69, 9.17) is 4.74 Å². The van der Waals surface area contributed by atoms with Crippen LogP contribution >= 0.6 is 15.9 Å². The van der Waals surface area contributed by atoms with Crippen molar-refractivity contribution in [3.8, 4) is 5.75 Å². The van der Waals surface area contributed by atoms with Gasteiger partial charge in [-0.05, 0) is 71.7 Å². The lowest BCUT2D eigenvalue weighted by atomic mass is 10.1. The molecule has 0 unspecified atom stereocenters. The fourth-order valence-electron chi connectivity index (χ4n) is 3.28. The number of rotatable bonds is 6. The molecule has 1 atom stereocenters. The van der Waals surface area contributed by atoms with Gasteiger partial charge in [-0.1, -0.05) is 24.3 Å². The minimum Gasteiger partial charge on any atom is -0.497 e. The molecule has 1 aliphatic heterocycles. The number of ether oxygens (including phenoxy) is 1. The number of para-hydroxylation sites is 1. The summed E-state index contributed by atoms with van der Waals surface area (Å²) >= 11 is 3.45. The van der Waals surface area contributed by atoms with Crippen molar-refractivity contribution in [3.63, 3.8) is 0 Å². The van der Waals surface area contributed by atoms with Crippen LogP contribution in [0.3, 0.4) is 0 Å². The zero-order valence-electron chi connectivity index (χ0n) is 14.9. The van der Waals surface area contributed by atoms with Crippen LogP contribution in [0.25, 0.3) is 0 Å². The SMILES string of the molecule is COc1cccc([C@@H](CNC(=O)Nc2ccccc2Br)N2CCCC2)c1. The van der Waals surface area contributed by atoms with Gasteiger partial charge in [-0.15, -0.1) is 0 Å². The number of anilines is 1. The van der Waals surface area contributed by atoms with Crippen LogP contribution in [0.2, 0.25) is 0 Å². The van der Waals surface area contributed by atoms with Gasteiger partial charge in [-0.2, -0.15) is 0 Å². The van der Waals surface area contributed by atoms with Gasteiger partial charge < -0.3 is 15.4 Å². The molecule has 5 nitrogen and oxygen atoms in total. The molecule has 0 saturated carbocycles. The topological polar surface area (TPSA) is 53.6 Å². The Hall–Kier alpha value is -2.05. The van der Waals surface area contributed by atoms with Crippen LogP contribution in [-0.2, 0) is 0 Å². The Morgan fingerprint density at radius 3 is 2.69 bits per heavy atom. The van der Waals surface area contributed by atoms with Crippen LogP contribution in [0.4, 0.5) is 10.5 Å². The maximum absolute atomic E-state index is 12.4. The van der Waals surface area contributed by atoms with Gasteiger partial charge in [0.05, 0.1) is 18.8 Å². The second kappa shape index (κ2) is 9.05. The van der Waals surface area contributed by atoms with Crippen LogP contribution in [0.5, 0.6) is 5.75 Å². The predicted molar refractivity (Wildman–Crippen MR) is 108 cm³/mol. The minimum atomic E-state index is -0.205. The second-order valence-electron chi connectivity index (χ2n) is 6.35. The summed E-state index contributed by atoms with van der Waals surface area (Å²) in [6, 6.07) is 15.6. The zero-order valence-corrected chi connectivity index (χ0v) is 16.5. The Morgan fingerprint density at radius 2 is 1.96 bits per heavy atom. The second-order valence-corrected chi connectivity index (χ2v) is 7.20. The highest BCUT2D eigenvalue weighted by atomic mass is 79.9. The molecule has 0 radical (unpaired) electrons. The number of urea groups is 1. The molecule has 2 N–H and O–H groups in total. The van der Waals surface area contributed by atoms with E-state index in [0.717, 1.165) is 34.6 Å². The van der Waals surface area contributed by atoms with Crippen molar-refractivity contribution in [3.05, 3.63) is 58.6 Å². The highest BCUT2D eigenvalue weighted by molar-refractivity contribution is 9.10. The number of nitrogens with one attached hydrogen (secondary N) is 2. The predicted octanol–water partition coefficient (Wildman–Crippen LogP) is 4.42. The smallest absolute Gasteiger partial charge is 0.319 e. The van der Waals surface area contributed by atoms with E-state index in [1.165, 1.54) is 12.8 Å². The third kappa shape index (κ3) is 4.77. The number of benzene rings is 2. The van der Waals surface area contributed by atoms with Crippen molar-refractivity contribution in [2.24, 2.45) is 0 Å². The number of halogens is 1. The molecule has 1 fully saturated rings. The summed E-state index contributed by atoms with van der Waals surface area (Å²) in [6.07, 6.45) is 2.40. The first kappa shape index (κ1) is 18.7. The number of amides is 2. The fourth-order valence-corrected chi connectivity index (χ4v) is 3.66. The molecule has 6 heteroatoms.